The summed E-state index contributed by atoms with van der Waals surface area (Å²) in [5, 5.41) is 21.9. The fourth-order valence-corrected chi connectivity index (χ4v) is 2.44. The van der Waals surface area contributed by atoms with Crippen molar-refractivity contribution in [2.75, 3.05) is 7.05 Å². The van der Waals surface area contributed by atoms with E-state index >= 15 is 0 Å². The lowest BCUT2D eigenvalue weighted by Gasteiger charge is -2.04. The summed E-state index contributed by atoms with van der Waals surface area (Å²) < 4.78 is 26.3. The topological polar surface area (TPSA) is 141 Å². The van der Waals surface area contributed by atoms with Crippen LogP contribution in [0.2, 0.25) is 0 Å². The van der Waals surface area contributed by atoms with Crippen molar-refractivity contribution in [3.8, 4) is 0 Å². The monoisotopic (exact) mass is 272 g/mol. The number of hydrogen-bond donors (Lipinski definition) is 4. The van der Waals surface area contributed by atoms with Crippen molar-refractivity contribution in [1.82, 2.24) is 40.9 Å². The molecule has 0 aromatic carbocycles. The van der Waals surface area contributed by atoms with Crippen molar-refractivity contribution >= 4 is 10.0 Å². The molecule has 0 amide bonds. The fraction of sp³-hybridized carbons (Fsp3) is 0.429. The number of aromatic amines is 2. The SMILES string of the molecule is CNCc1cn[nH]c1S(=O)(=O)NCc1nn[nH]n1. The third-order valence-corrected chi connectivity index (χ3v) is 3.54. The average molecular weight is 272 g/mol. The van der Waals surface area contributed by atoms with Gasteiger partial charge >= 0.3 is 0 Å². The smallest absolute Gasteiger partial charge is 0.258 e. The Bertz CT molecular complexity index is 589. The summed E-state index contributed by atoms with van der Waals surface area (Å²) in [7, 11) is -1.96. The van der Waals surface area contributed by atoms with Crippen LogP contribution in [0.5, 0.6) is 0 Å². The number of tetrazole rings is 1. The van der Waals surface area contributed by atoms with E-state index in [1.165, 1.54) is 6.20 Å². The number of hydrogen-bond acceptors (Lipinski definition) is 7. The number of H-pyrrole nitrogens is 2. The second-order valence-corrected chi connectivity index (χ2v) is 5.11. The number of nitrogens with one attached hydrogen (secondary N) is 4. The van der Waals surface area contributed by atoms with Gasteiger partial charge in [-0.2, -0.15) is 10.3 Å². The lowest BCUT2D eigenvalue weighted by molar-refractivity contribution is 0.573. The molecule has 98 valence electrons. The molecule has 0 aliphatic heterocycles. The summed E-state index contributed by atoms with van der Waals surface area (Å²) in [4.78, 5) is 0. The van der Waals surface area contributed by atoms with Crippen LogP contribution in [0.4, 0.5) is 0 Å². The van der Waals surface area contributed by atoms with Crippen LogP contribution in [0.25, 0.3) is 0 Å². The number of sulfonamides is 1. The minimum Gasteiger partial charge on any atom is -0.316 e. The van der Waals surface area contributed by atoms with Crippen molar-refractivity contribution in [2.45, 2.75) is 18.1 Å². The molecule has 0 bridgehead atoms. The third kappa shape index (κ3) is 2.69. The summed E-state index contributed by atoms with van der Waals surface area (Å²) in [6, 6.07) is 0. The molecule has 0 aliphatic rings. The minimum absolute atomic E-state index is 0.0281. The van der Waals surface area contributed by atoms with Crippen LogP contribution in [0.1, 0.15) is 11.4 Å². The van der Waals surface area contributed by atoms with E-state index in [1.807, 2.05) is 0 Å². The molecule has 11 heteroatoms. The van der Waals surface area contributed by atoms with Gasteiger partial charge in [0.1, 0.15) is 0 Å². The number of rotatable bonds is 6. The van der Waals surface area contributed by atoms with E-state index in [2.05, 4.69) is 40.9 Å². The largest absolute Gasteiger partial charge is 0.316 e. The van der Waals surface area contributed by atoms with Crippen molar-refractivity contribution < 1.29 is 8.42 Å². The lowest BCUT2D eigenvalue weighted by atomic mass is 10.4. The Hall–Kier alpha value is -1.85. The van der Waals surface area contributed by atoms with Gasteiger partial charge in [0.15, 0.2) is 10.9 Å². The van der Waals surface area contributed by atoms with Crippen LogP contribution < -0.4 is 10.0 Å². The van der Waals surface area contributed by atoms with E-state index in [0.29, 0.717) is 12.1 Å². The van der Waals surface area contributed by atoms with Gasteiger partial charge in [-0.15, -0.1) is 10.2 Å². The predicted molar refractivity (Wildman–Crippen MR) is 59.6 cm³/mol. The Morgan fingerprint density at radius 1 is 1.39 bits per heavy atom. The first kappa shape index (κ1) is 12.6. The zero-order valence-electron chi connectivity index (χ0n) is 9.51. The van der Waals surface area contributed by atoms with Gasteiger partial charge < -0.3 is 5.32 Å². The molecular formula is C7H12N8O2S. The van der Waals surface area contributed by atoms with Crippen molar-refractivity contribution in [1.29, 1.82) is 0 Å². The molecule has 0 fully saturated rings. The van der Waals surface area contributed by atoms with E-state index in [4.69, 9.17) is 0 Å². The quantitative estimate of drug-likeness (QED) is 0.482. The molecule has 18 heavy (non-hydrogen) atoms. The van der Waals surface area contributed by atoms with Crippen molar-refractivity contribution in [3.63, 3.8) is 0 Å². The molecule has 10 nitrogen and oxygen atoms in total. The standard InChI is InChI=1S/C7H12N8O2S/c1-8-2-5-3-9-13-7(5)18(16,17)10-4-6-11-14-15-12-6/h3,8,10H,2,4H2,1H3,(H,9,13)(H,11,12,14,15). The molecule has 2 rings (SSSR count). The van der Waals surface area contributed by atoms with Gasteiger partial charge in [0.25, 0.3) is 10.0 Å². The average Bonchev–Trinajstić information content (AvgIpc) is 2.97. The van der Waals surface area contributed by atoms with E-state index in [9.17, 15) is 8.42 Å². The number of nitrogens with zero attached hydrogens (tertiary/aromatic N) is 4. The van der Waals surface area contributed by atoms with Crippen LogP contribution in [0.3, 0.4) is 0 Å². The Labute approximate surface area is 103 Å². The lowest BCUT2D eigenvalue weighted by Crippen LogP contribution is -2.25. The maximum absolute atomic E-state index is 12.0. The Morgan fingerprint density at radius 3 is 2.89 bits per heavy atom. The molecule has 0 radical (unpaired) electrons. The molecule has 0 atom stereocenters. The minimum atomic E-state index is -3.68. The Balaban J connectivity index is 2.12. The summed E-state index contributed by atoms with van der Waals surface area (Å²) in [6.07, 6.45) is 1.46. The summed E-state index contributed by atoms with van der Waals surface area (Å²) in [5.41, 5.74) is 0.554. The number of aromatic nitrogens is 6. The summed E-state index contributed by atoms with van der Waals surface area (Å²) in [5.74, 6) is 0.258. The van der Waals surface area contributed by atoms with Gasteiger partial charge in [-0.3, -0.25) is 5.10 Å². The van der Waals surface area contributed by atoms with E-state index in [0.717, 1.165) is 0 Å². The van der Waals surface area contributed by atoms with Gasteiger partial charge in [0, 0.05) is 12.1 Å². The van der Waals surface area contributed by atoms with Gasteiger partial charge in [0.05, 0.1) is 12.7 Å². The van der Waals surface area contributed by atoms with Gasteiger partial charge in [-0.25, -0.2) is 13.1 Å². The normalized spacial score (nSPS) is 11.8. The summed E-state index contributed by atoms with van der Waals surface area (Å²) >= 11 is 0. The maximum atomic E-state index is 12.0. The van der Waals surface area contributed by atoms with E-state index < -0.39 is 10.0 Å². The van der Waals surface area contributed by atoms with Gasteiger partial charge in [-0.1, -0.05) is 5.21 Å². The summed E-state index contributed by atoms with van der Waals surface area (Å²) in [6.45, 7) is 0.353. The van der Waals surface area contributed by atoms with E-state index in [-0.39, 0.29) is 17.4 Å². The third-order valence-electron chi connectivity index (χ3n) is 2.12. The molecule has 0 saturated heterocycles. The van der Waals surface area contributed by atoms with Crippen LogP contribution in [0.15, 0.2) is 11.2 Å². The zero-order valence-corrected chi connectivity index (χ0v) is 10.3. The first-order valence-electron chi connectivity index (χ1n) is 5.02. The highest BCUT2D eigenvalue weighted by molar-refractivity contribution is 7.89. The zero-order chi connectivity index (χ0) is 13.0. The molecule has 4 N–H and O–H groups in total. The van der Waals surface area contributed by atoms with Crippen molar-refractivity contribution in [3.05, 3.63) is 17.6 Å². The van der Waals surface area contributed by atoms with Crippen LogP contribution in [-0.2, 0) is 23.1 Å². The molecule has 0 unspecified atom stereocenters. The van der Waals surface area contributed by atoms with Crippen LogP contribution >= 0.6 is 0 Å². The molecule has 2 aromatic rings. The second-order valence-electron chi connectivity index (χ2n) is 3.41. The predicted octanol–water partition coefficient (Wildman–Crippen LogP) is -1.88. The van der Waals surface area contributed by atoms with Crippen LogP contribution in [-0.4, -0.2) is 46.3 Å². The highest BCUT2D eigenvalue weighted by Crippen LogP contribution is 2.11. The first-order chi connectivity index (χ1) is 8.63. The Morgan fingerprint density at radius 2 is 2.22 bits per heavy atom. The molecule has 0 aliphatic carbocycles. The van der Waals surface area contributed by atoms with Crippen LogP contribution in [0, 0.1) is 0 Å². The highest BCUT2D eigenvalue weighted by atomic mass is 32.2. The second kappa shape index (κ2) is 5.20. The molecule has 0 spiro atoms. The molecule has 2 heterocycles. The molecule has 2 aromatic heterocycles. The molecule has 0 saturated carbocycles. The first-order valence-corrected chi connectivity index (χ1v) is 6.50. The Kier molecular flexibility index (Phi) is 3.64. The van der Waals surface area contributed by atoms with Crippen molar-refractivity contribution in [2.24, 2.45) is 0 Å². The maximum Gasteiger partial charge on any atom is 0.258 e. The van der Waals surface area contributed by atoms with Gasteiger partial charge in [-0.05, 0) is 7.05 Å². The molecular weight excluding hydrogens is 260 g/mol. The van der Waals surface area contributed by atoms with E-state index in [1.54, 1.807) is 7.05 Å². The fourth-order valence-electron chi connectivity index (χ4n) is 1.34. The highest BCUT2D eigenvalue weighted by Gasteiger charge is 2.20. The van der Waals surface area contributed by atoms with Gasteiger partial charge in [0.2, 0.25) is 0 Å².